The third kappa shape index (κ3) is 3.22. The van der Waals surface area contributed by atoms with E-state index in [9.17, 15) is 4.79 Å². The minimum Gasteiger partial charge on any atom is -0.465 e. The van der Waals surface area contributed by atoms with Gasteiger partial charge in [-0.3, -0.25) is 0 Å². The number of rotatable bonds is 4. The van der Waals surface area contributed by atoms with E-state index in [1.165, 1.54) is 50.6 Å². The molecule has 18 heavy (non-hydrogen) atoms. The molecule has 0 radical (unpaired) electrons. The summed E-state index contributed by atoms with van der Waals surface area (Å²) in [7, 11) is 1.40. The largest absolute Gasteiger partial charge is 0.465 e. The molecular formula is C13H20N2O2S. The number of thiazole rings is 1. The van der Waals surface area contributed by atoms with Crippen molar-refractivity contribution in [3.05, 3.63) is 10.6 Å². The number of hydrogen-bond acceptors (Lipinski definition) is 5. The minimum absolute atomic E-state index is 0.296. The molecule has 5 heteroatoms. The van der Waals surface area contributed by atoms with Crippen LogP contribution in [0.15, 0.2) is 0 Å². The van der Waals surface area contributed by atoms with Crippen molar-refractivity contribution in [2.75, 3.05) is 19.0 Å². The van der Waals surface area contributed by atoms with Crippen LogP contribution in [0.1, 0.15) is 47.5 Å². The number of hydrogen-bond donors (Lipinski definition) is 1. The fraction of sp³-hybridized carbons (Fsp3) is 0.692. The van der Waals surface area contributed by atoms with Crippen LogP contribution in [0.4, 0.5) is 5.13 Å². The molecule has 0 unspecified atom stereocenters. The normalized spacial score (nSPS) is 16.6. The number of aryl methyl sites for hydroxylation is 1. The van der Waals surface area contributed by atoms with E-state index in [0.29, 0.717) is 4.88 Å². The first-order valence-electron chi connectivity index (χ1n) is 6.50. The molecule has 1 N–H and O–H groups in total. The van der Waals surface area contributed by atoms with Gasteiger partial charge in [-0.15, -0.1) is 0 Å². The van der Waals surface area contributed by atoms with Gasteiger partial charge in [-0.1, -0.05) is 30.6 Å². The first kappa shape index (κ1) is 13.3. The zero-order valence-electron chi connectivity index (χ0n) is 11.0. The molecule has 0 atom stereocenters. The number of anilines is 1. The van der Waals surface area contributed by atoms with E-state index < -0.39 is 0 Å². The van der Waals surface area contributed by atoms with E-state index in [4.69, 9.17) is 4.74 Å². The first-order chi connectivity index (χ1) is 8.70. The quantitative estimate of drug-likeness (QED) is 0.852. The van der Waals surface area contributed by atoms with Crippen molar-refractivity contribution in [3.63, 3.8) is 0 Å². The van der Waals surface area contributed by atoms with Gasteiger partial charge in [-0.25, -0.2) is 9.78 Å². The molecule has 0 bridgehead atoms. The predicted molar refractivity (Wildman–Crippen MR) is 73.3 cm³/mol. The summed E-state index contributed by atoms with van der Waals surface area (Å²) in [5.74, 6) is 0.459. The molecule has 0 amide bonds. The first-order valence-corrected chi connectivity index (χ1v) is 7.32. The zero-order chi connectivity index (χ0) is 13.0. The Morgan fingerprint density at radius 1 is 1.44 bits per heavy atom. The Balaban J connectivity index is 1.91. The molecule has 1 aromatic heterocycles. The standard InChI is InChI=1S/C13H20N2O2S/c1-9-11(12(16)17-2)18-13(15-9)14-8-10-6-4-3-5-7-10/h10H,3-8H2,1-2H3,(H,14,15). The van der Waals surface area contributed by atoms with Crippen LogP contribution in [0.2, 0.25) is 0 Å². The van der Waals surface area contributed by atoms with Gasteiger partial charge in [0.25, 0.3) is 0 Å². The van der Waals surface area contributed by atoms with Gasteiger partial charge in [0, 0.05) is 6.54 Å². The van der Waals surface area contributed by atoms with E-state index in [2.05, 4.69) is 10.3 Å². The van der Waals surface area contributed by atoms with Crippen LogP contribution in [-0.4, -0.2) is 24.6 Å². The molecule has 0 saturated heterocycles. The van der Waals surface area contributed by atoms with Gasteiger partial charge in [0.1, 0.15) is 4.88 Å². The SMILES string of the molecule is COC(=O)c1sc(NCC2CCCCC2)nc1C. The van der Waals surface area contributed by atoms with Crippen LogP contribution in [0, 0.1) is 12.8 Å². The fourth-order valence-electron chi connectivity index (χ4n) is 2.38. The monoisotopic (exact) mass is 268 g/mol. The maximum Gasteiger partial charge on any atom is 0.350 e. The highest BCUT2D eigenvalue weighted by Gasteiger charge is 2.17. The summed E-state index contributed by atoms with van der Waals surface area (Å²) in [6, 6.07) is 0. The highest BCUT2D eigenvalue weighted by atomic mass is 32.1. The van der Waals surface area contributed by atoms with Crippen molar-refractivity contribution >= 4 is 22.4 Å². The van der Waals surface area contributed by atoms with Gasteiger partial charge in [0.15, 0.2) is 5.13 Å². The van der Waals surface area contributed by atoms with Gasteiger partial charge < -0.3 is 10.1 Å². The molecule has 0 aliphatic heterocycles. The zero-order valence-corrected chi connectivity index (χ0v) is 11.8. The Morgan fingerprint density at radius 2 is 2.17 bits per heavy atom. The summed E-state index contributed by atoms with van der Waals surface area (Å²) in [5.41, 5.74) is 0.748. The average molecular weight is 268 g/mol. The Kier molecular flexibility index (Phi) is 4.58. The second-order valence-corrected chi connectivity index (χ2v) is 5.81. The maximum absolute atomic E-state index is 11.5. The number of carbonyl (C=O) groups is 1. The Labute approximate surface area is 112 Å². The molecule has 1 aliphatic carbocycles. The lowest BCUT2D eigenvalue weighted by Crippen LogP contribution is -2.16. The lowest BCUT2D eigenvalue weighted by molar-refractivity contribution is 0.0605. The number of esters is 1. The third-order valence-electron chi connectivity index (χ3n) is 3.43. The summed E-state index contributed by atoms with van der Waals surface area (Å²) in [6.07, 6.45) is 6.68. The molecule has 4 nitrogen and oxygen atoms in total. The fourth-order valence-corrected chi connectivity index (χ4v) is 3.27. The Hall–Kier alpha value is -1.10. The van der Waals surface area contributed by atoms with E-state index >= 15 is 0 Å². The molecule has 0 aromatic carbocycles. The maximum atomic E-state index is 11.5. The van der Waals surface area contributed by atoms with Crippen molar-refractivity contribution in [1.29, 1.82) is 0 Å². The van der Waals surface area contributed by atoms with E-state index in [1.807, 2.05) is 6.92 Å². The molecular weight excluding hydrogens is 248 g/mol. The predicted octanol–water partition coefficient (Wildman–Crippen LogP) is 3.23. The molecule has 1 fully saturated rings. The van der Waals surface area contributed by atoms with Crippen LogP contribution >= 0.6 is 11.3 Å². The second kappa shape index (κ2) is 6.18. The molecule has 0 spiro atoms. The van der Waals surface area contributed by atoms with Crippen molar-refractivity contribution in [3.8, 4) is 0 Å². The molecule has 100 valence electrons. The molecule has 1 heterocycles. The smallest absolute Gasteiger partial charge is 0.350 e. The van der Waals surface area contributed by atoms with Gasteiger partial charge in [-0.05, 0) is 25.7 Å². The van der Waals surface area contributed by atoms with E-state index in [-0.39, 0.29) is 5.97 Å². The summed E-state index contributed by atoms with van der Waals surface area (Å²) in [4.78, 5) is 16.4. The summed E-state index contributed by atoms with van der Waals surface area (Å²) in [6.45, 7) is 2.81. The number of ether oxygens (including phenoxy) is 1. The Morgan fingerprint density at radius 3 is 2.83 bits per heavy atom. The Bertz CT molecular complexity index is 411. The van der Waals surface area contributed by atoms with Crippen LogP contribution < -0.4 is 5.32 Å². The van der Waals surface area contributed by atoms with Crippen molar-refractivity contribution in [2.24, 2.45) is 5.92 Å². The molecule has 1 aliphatic rings. The molecule has 1 aromatic rings. The summed E-state index contributed by atoms with van der Waals surface area (Å²) < 4.78 is 4.73. The van der Waals surface area contributed by atoms with Crippen molar-refractivity contribution in [1.82, 2.24) is 4.98 Å². The average Bonchev–Trinajstić information content (AvgIpc) is 2.78. The second-order valence-electron chi connectivity index (χ2n) is 4.81. The number of methoxy groups -OCH3 is 1. The third-order valence-corrected chi connectivity index (χ3v) is 4.53. The lowest BCUT2D eigenvalue weighted by Gasteiger charge is -2.21. The molecule has 1 saturated carbocycles. The van der Waals surface area contributed by atoms with Gasteiger partial charge in [0.2, 0.25) is 0 Å². The van der Waals surface area contributed by atoms with Gasteiger partial charge in [-0.2, -0.15) is 0 Å². The number of aromatic nitrogens is 1. The number of nitrogens with zero attached hydrogens (tertiary/aromatic N) is 1. The van der Waals surface area contributed by atoms with Crippen molar-refractivity contribution in [2.45, 2.75) is 39.0 Å². The highest BCUT2D eigenvalue weighted by molar-refractivity contribution is 7.17. The van der Waals surface area contributed by atoms with Gasteiger partial charge in [0.05, 0.1) is 12.8 Å². The number of nitrogens with one attached hydrogen (secondary N) is 1. The van der Waals surface area contributed by atoms with Crippen LogP contribution in [0.25, 0.3) is 0 Å². The topological polar surface area (TPSA) is 51.2 Å². The van der Waals surface area contributed by atoms with E-state index in [1.54, 1.807) is 0 Å². The summed E-state index contributed by atoms with van der Waals surface area (Å²) >= 11 is 1.38. The summed E-state index contributed by atoms with van der Waals surface area (Å²) in [5, 5.41) is 4.19. The van der Waals surface area contributed by atoms with Crippen LogP contribution in [0.3, 0.4) is 0 Å². The minimum atomic E-state index is -0.296. The lowest BCUT2D eigenvalue weighted by atomic mass is 9.89. The number of carbonyl (C=O) groups excluding carboxylic acids is 1. The molecule has 2 rings (SSSR count). The van der Waals surface area contributed by atoms with Crippen molar-refractivity contribution < 1.29 is 9.53 Å². The highest BCUT2D eigenvalue weighted by Crippen LogP contribution is 2.26. The van der Waals surface area contributed by atoms with E-state index in [0.717, 1.165) is 23.3 Å². The van der Waals surface area contributed by atoms with Crippen LogP contribution in [0.5, 0.6) is 0 Å². The van der Waals surface area contributed by atoms with Crippen LogP contribution in [-0.2, 0) is 4.74 Å². The van der Waals surface area contributed by atoms with Gasteiger partial charge >= 0.3 is 5.97 Å².